The van der Waals surface area contributed by atoms with Crippen LogP contribution in [-0.2, 0) is 42.6 Å². The van der Waals surface area contributed by atoms with Gasteiger partial charge in [-0.3, -0.25) is 12.6 Å². The molecule has 0 aromatic heterocycles. The number of carbonyl (C=O) groups excluding carboxylic acids is 2. The third kappa shape index (κ3) is 16.2. The molecule has 4 heteroatoms. The molecular formula is C4H4Ni2O2-2. The molecule has 0 radical (unpaired) electrons. The number of hydrogen-bond acceptors (Lipinski definition) is 2. The normalized spacial score (nSPS) is 5.50. The first-order valence-electron chi connectivity index (χ1n) is 1.62. The van der Waals surface area contributed by atoms with Crippen LogP contribution in [0.5, 0.6) is 0 Å². The summed E-state index contributed by atoms with van der Waals surface area (Å²) in [6, 6.07) is 0. The van der Waals surface area contributed by atoms with Crippen molar-refractivity contribution in [1.82, 2.24) is 0 Å². The van der Waals surface area contributed by atoms with Crippen LogP contribution in [0.1, 0.15) is 12.8 Å². The summed E-state index contributed by atoms with van der Waals surface area (Å²) in [7, 11) is 0. The molecule has 0 aliphatic heterocycles. The third-order valence-corrected chi connectivity index (χ3v) is 0.329. The molecule has 2 nitrogen and oxygen atoms in total. The van der Waals surface area contributed by atoms with E-state index in [1.807, 2.05) is 0 Å². The van der Waals surface area contributed by atoms with E-state index < -0.39 is 0 Å². The average molecular weight is 201 g/mol. The van der Waals surface area contributed by atoms with Crippen molar-refractivity contribution in [2.45, 2.75) is 12.8 Å². The Labute approximate surface area is 68.3 Å². The van der Waals surface area contributed by atoms with E-state index in [9.17, 15) is 9.59 Å². The van der Waals surface area contributed by atoms with Gasteiger partial charge in [0.05, 0.1) is 0 Å². The Morgan fingerprint density at radius 3 is 1.25 bits per heavy atom. The van der Waals surface area contributed by atoms with Crippen LogP contribution < -0.4 is 0 Å². The van der Waals surface area contributed by atoms with E-state index in [1.54, 1.807) is 12.6 Å². The Kier molecular flexibility index (Phi) is 30.8. The maximum Gasteiger partial charge on any atom is 0 e. The SMILES string of the molecule is O=[C-]CC[C-]=O.[Ni].[Ni]. The van der Waals surface area contributed by atoms with E-state index in [0.29, 0.717) is 0 Å². The van der Waals surface area contributed by atoms with Crippen molar-refractivity contribution < 1.29 is 42.6 Å². The van der Waals surface area contributed by atoms with Gasteiger partial charge in [-0.2, -0.15) is 12.8 Å². The van der Waals surface area contributed by atoms with Crippen LogP contribution in [0.2, 0.25) is 0 Å². The summed E-state index contributed by atoms with van der Waals surface area (Å²) < 4.78 is 0. The quantitative estimate of drug-likeness (QED) is 0.365. The smallest absolute Gasteiger partial charge is 0 e. The topological polar surface area (TPSA) is 34.1 Å². The fourth-order valence-corrected chi connectivity index (χ4v) is 0.102. The van der Waals surface area contributed by atoms with E-state index in [2.05, 4.69) is 0 Å². The minimum Gasteiger partial charge on any atom is -0.542 e. The molecule has 54 valence electrons. The molecule has 0 fully saturated rings. The van der Waals surface area contributed by atoms with E-state index in [0.717, 1.165) is 0 Å². The van der Waals surface area contributed by atoms with Crippen molar-refractivity contribution in [3.63, 3.8) is 0 Å². The molecule has 0 aliphatic rings. The molecule has 0 heterocycles. The van der Waals surface area contributed by atoms with Crippen molar-refractivity contribution in [2.75, 3.05) is 0 Å². The van der Waals surface area contributed by atoms with Gasteiger partial charge in [0.15, 0.2) is 0 Å². The molecule has 0 aromatic rings. The first-order valence-corrected chi connectivity index (χ1v) is 1.62. The van der Waals surface area contributed by atoms with Crippen LogP contribution in [0, 0.1) is 0 Å². The minimum absolute atomic E-state index is 0. The van der Waals surface area contributed by atoms with Gasteiger partial charge in [-0.15, -0.1) is 0 Å². The van der Waals surface area contributed by atoms with Crippen molar-refractivity contribution in [3.8, 4) is 0 Å². The van der Waals surface area contributed by atoms with Crippen LogP contribution in [0.3, 0.4) is 0 Å². The van der Waals surface area contributed by atoms with Crippen LogP contribution >= 0.6 is 0 Å². The summed E-state index contributed by atoms with van der Waals surface area (Å²) in [5, 5.41) is 0. The maximum atomic E-state index is 9.26. The summed E-state index contributed by atoms with van der Waals surface area (Å²) in [5.74, 6) is 0. The third-order valence-electron chi connectivity index (χ3n) is 0.329. The van der Waals surface area contributed by atoms with Crippen molar-refractivity contribution >= 4 is 12.6 Å². The Hall–Kier alpha value is 0.327. The fourth-order valence-electron chi connectivity index (χ4n) is 0.102. The minimum atomic E-state index is 0. The molecule has 0 saturated carbocycles. The second kappa shape index (κ2) is 15.7. The molecule has 0 rings (SSSR count). The molecule has 0 atom stereocenters. The van der Waals surface area contributed by atoms with Crippen LogP contribution in [0.25, 0.3) is 0 Å². The standard InChI is InChI=1S/C4H4O2.2Ni/c5-3-1-2-4-6;;/h1-2H2;;/q-2;;. The van der Waals surface area contributed by atoms with Crippen molar-refractivity contribution in [1.29, 1.82) is 0 Å². The molecule has 0 aromatic carbocycles. The van der Waals surface area contributed by atoms with E-state index in [1.165, 1.54) is 0 Å². The Morgan fingerprint density at radius 1 is 0.875 bits per heavy atom. The van der Waals surface area contributed by atoms with Crippen molar-refractivity contribution in [2.24, 2.45) is 0 Å². The fraction of sp³-hybridized carbons (Fsp3) is 0.500. The van der Waals surface area contributed by atoms with Crippen LogP contribution in [-0.4, -0.2) is 12.6 Å². The second-order valence-electron chi connectivity index (χ2n) is 0.789. The van der Waals surface area contributed by atoms with Gasteiger partial charge in [0, 0.05) is 33.0 Å². The van der Waals surface area contributed by atoms with Crippen molar-refractivity contribution in [3.05, 3.63) is 0 Å². The number of unbranched alkanes of at least 4 members (excludes halogenated alkanes) is 1. The molecule has 0 spiro atoms. The van der Waals surface area contributed by atoms with Gasteiger partial charge in [-0.25, -0.2) is 0 Å². The van der Waals surface area contributed by atoms with E-state index in [4.69, 9.17) is 0 Å². The number of hydrogen-bond donors (Lipinski definition) is 0. The zero-order valence-corrected chi connectivity index (χ0v) is 5.84. The first-order chi connectivity index (χ1) is 2.91. The summed E-state index contributed by atoms with van der Waals surface area (Å²) in [4.78, 5) is 18.5. The van der Waals surface area contributed by atoms with Gasteiger partial charge in [0.2, 0.25) is 0 Å². The van der Waals surface area contributed by atoms with Gasteiger partial charge >= 0.3 is 0 Å². The summed E-state index contributed by atoms with van der Waals surface area (Å²) in [5.41, 5.74) is 0. The number of rotatable bonds is 3. The molecule has 0 N–H and O–H groups in total. The van der Waals surface area contributed by atoms with Crippen LogP contribution in [0.4, 0.5) is 0 Å². The van der Waals surface area contributed by atoms with Gasteiger partial charge in [-0.1, -0.05) is 0 Å². The molecule has 8 heavy (non-hydrogen) atoms. The average Bonchev–Trinajstić information content (AvgIpc) is 1.61. The first kappa shape index (κ1) is 15.8. The Morgan fingerprint density at radius 2 is 1.12 bits per heavy atom. The van der Waals surface area contributed by atoms with Gasteiger partial charge in [0.25, 0.3) is 0 Å². The molecule has 0 saturated heterocycles. The van der Waals surface area contributed by atoms with Gasteiger partial charge < -0.3 is 9.59 Å². The van der Waals surface area contributed by atoms with Crippen LogP contribution in [0.15, 0.2) is 0 Å². The molecule has 0 bridgehead atoms. The maximum absolute atomic E-state index is 9.26. The summed E-state index contributed by atoms with van der Waals surface area (Å²) >= 11 is 0. The molecule has 0 amide bonds. The Bertz CT molecular complexity index is 48.0. The molecule has 0 unspecified atom stereocenters. The summed E-state index contributed by atoms with van der Waals surface area (Å²) in [6.45, 7) is 0. The van der Waals surface area contributed by atoms with Gasteiger partial charge in [0.1, 0.15) is 0 Å². The predicted octanol–water partition coefficient (Wildman–Crippen LogP) is -0.0190. The van der Waals surface area contributed by atoms with Gasteiger partial charge in [-0.05, 0) is 0 Å². The molecule has 0 aliphatic carbocycles. The zero-order valence-electron chi connectivity index (χ0n) is 3.86. The zero-order chi connectivity index (χ0) is 4.83. The van der Waals surface area contributed by atoms with E-state index in [-0.39, 0.29) is 45.8 Å². The Balaban J connectivity index is -0.000000125. The summed E-state index contributed by atoms with van der Waals surface area (Å²) in [6.07, 6.45) is 3.48. The largest absolute Gasteiger partial charge is 0.542 e. The predicted molar refractivity (Wildman–Crippen MR) is 20.6 cm³/mol. The molecular weight excluding hydrogens is 197 g/mol. The monoisotopic (exact) mass is 200 g/mol. The second-order valence-corrected chi connectivity index (χ2v) is 0.789. The van der Waals surface area contributed by atoms with E-state index >= 15 is 0 Å².